The maximum atomic E-state index is 12.1. The minimum atomic E-state index is 0. The summed E-state index contributed by atoms with van der Waals surface area (Å²) in [6.07, 6.45) is 5.68. The molecular formula is C19H30ClIN4O. The summed E-state index contributed by atoms with van der Waals surface area (Å²) < 4.78 is 0. The normalized spacial score (nSPS) is 15.1. The molecule has 146 valence electrons. The number of nitrogens with one attached hydrogen (secondary N) is 2. The van der Waals surface area contributed by atoms with E-state index in [0.717, 1.165) is 29.4 Å². The molecule has 1 aromatic carbocycles. The first-order chi connectivity index (χ1) is 12.1. The maximum absolute atomic E-state index is 12.1. The summed E-state index contributed by atoms with van der Waals surface area (Å²) in [4.78, 5) is 18.5. The van der Waals surface area contributed by atoms with E-state index in [1.54, 1.807) is 7.05 Å². The molecule has 0 unspecified atom stereocenters. The molecule has 1 aliphatic rings. The van der Waals surface area contributed by atoms with Crippen LogP contribution < -0.4 is 10.6 Å². The van der Waals surface area contributed by atoms with Crippen LogP contribution in [-0.4, -0.2) is 44.0 Å². The lowest BCUT2D eigenvalue weighted by atomic mass is 9.89. The third-order valence-corrected chi connectivity index (χ3v) is 4.80. The lowest BCUT2D eigenvalue weighted by Crippen LogP contribution is -2.43. The van der Waals surface area contributed by atoms with Gasteiger partial charge in [0.15, 0.2) is 5.96 Å². The molecule has 0 bridgehead atoms. The molecule has 2 rings (SSSR count). The minimum Gasteiger partial charge on any atom is -0.354 e. The molecule has 5 nitrogen and oxygen atoms in total. The zero-order valence-electron chi connectivity index (χ0n) is 15.6. The summed E-state index contributed by atoms with van der Waals surface area (Å²) in [7, 11) is 3.74. The monoisotopic (exact) mass is 492 g/mol. The zero-order valence-corrected chi connectivity index (χ0v) is 18.7. The number of carbonyl (C=O) groups is 1. The number of hydrogen-bond acceptors (Lipinski definition) is 2. The third-order valence-electron chi connectivity index (χ3n) is 4.57. The van der Waals surface area contributed by atoms with Crippen molar-refractivity contribution in [3.05, 3.63) is 34.9 Å². The van der Waals surface area contributed by atoms with Gasteiger partial charge in [0.25, 0.3) is 0 Å². The molecule has 2 N–H and O–H groups in total. The van der Waals surface area contributed by atoms with Gasteiger partial charge in [-0.05, 0) is 30.5 Å². The topological polar surface area (TPSA) is 56.7 Å². The number of halogens is 2. The Balaban J connectivity index is 0.00000338. The smallest absolute Gasteiger partial charge is 0.223 e. The van der Waals surface area contributed by atoms with E-state index in [2.05, 4.69) is 15.6 Å². The van der Waals surface area contributed by atoms with Crippen LogP contribution in [0.4, 0.5) is 0 Å². The largest absolute Gasteiger partial charge is 0.354 e. The lowest BCUT2D eigenvalue weighted by Gasteiger charge is -2.23. The summed E-state index contributed by atoms with van der Waals surface area (Å²) in [5, 5.41) is 7.06. The Kier molecular flexibility index (Phi) is 11.0. The van der Waals surface area contributed by atoms with E-state index in [1.165, 1.54) is 19.3 Å². The second-order valence-corrected chi connectivity index (χ2v) is 7.02. The molecule has 0 atom stereocenters. The highest BCUT2D eigenvalue weighted by Crippen LogP contribution is 2.23. The molecule has 26 heavy (non-hydrogen) atoms. The Bertz CT molecular complexity index is 591. The fraction of sp³-hybridized carbons (Fsp3) is 0.579. The van der Waals surface area contributed by atoms with Crippen molar-refractivity contribution in [1.29, 1.82) is 0 Å². The summed E-state index contributed by atoms with van der Waals surface area (Å²) in [6.45, 7) is 1.99. The number of hydrogen-bond donors (Lipinski definition) is 2. The molecule has 0 spiro atoms. The van der Waals surface area contributed by atoms with Gasteiger partial charge in [0.2, 0.25) is 5.91 Å². The van der Waals surface area contributed by atoms with Crippen LogP contribution in [0.2, 0.25) is 5.02 Å². The number of amides is 1. The third kappa shape index (κ3) is 7.70. The molecule has 1 aliphatic carbocycles. The van der Waals surface area contributed by atoms with Gasteiger partial charge < -0.3 is 15.5 Å². The van der Waals surface area contributed by atoms with Crippen molar-refractivity contribution >= 4 is 47.4 Å². The first-order valence-corrected chi connectivity index (χ1v) is 9.42. The fourth-order valence-corrected chi connectivity index (χ4v) is 3.45. The van der Waals surface area contributed by atoms with Crippen molar-refractivity contribution < 1.29 is 4.79 Å². The summed E-state index contributed by atoms with van der Waals surface area (Å²) >= 11 is 6.03. The van der Waals surface area contributed by atoms with Crippen molar-refractivity contribution in [2.75, 3.05) is 27.2 Å². The van der Waals surface area contributed by atoms with E-state index in [-0.39, 0.29) is 35.8 Å². The molecular weight excluding hydrogens is 463 g/mol. The van der Waals surface area contributed by atoms with Crippen molar-refractivity contribution in [2.45, 2.75) is 38.6 Å². The SMILES string of the molecule is CN=C(NCCNC(=O)C1CCCCC1)N(C)Cc1cccc(Cl)c1.I. The van der Waals surface area contributed by atoms with Crippen LogP contribution in [-0.2, 0) is 11.3 Å². The van der Waals surface area contributed by atoms with Gasteiger partial charge in [0, 0.05) is 44.7 Å². The summed E-state index contributed by atoms with van der Waals surface area (Å²) in [6, 6.07) is 7.81. The molecule has 0 aromatic heterocycles. The van der Waals surface area contributed by atoms with Crippen LogP contribution in [0.15, 0.2) is 29.3 Å². The highest BCUT2D eigenvalue weighted by atomic mass is 127. The van der Waals surface area contributed by atoms with Gasteiger partial charge >= 0.3 is 0 Å². The Hall–Kier alpha value is -1.02. The van der Waals surface area contributed by atoms with Gasteiger partial charge in [0.05, 0.1) is 0 Å². The number of guanidine groups is 1. The van der Waals surface area contributed by atoms with Crippen molar-refractivity contribution in [3.63, 3.8) is 0 Å². The second-order valence-electron chi connectivity index (χ2n) is 6.59. The van der Waals surface area contributed by atoms with E-state index < -0.39 is 0 Å². The van der Waals surface area contributed by atoms with E-state index >= 15 is 0 Å². The molecule has 0 aliphatic heterocycles. The van der Waals surface area contributed by atoms with E-state index in [1.807, 2.05) is 36.2 Å². The quantitative estimate of drug-likeness (QED) is 0.276. The van der Waals surface area contributed by atoms with Gasteiger partial charge in [-0.25, -0.2) is 0 Å². The van der Waals surface area contributed by atoms with Gasteiger partial charge in [-0.15, -0.1) is 24.0 Å². The van der Waals surface area contributed by atoms with Crippen LogP contribution in [0, 0.1) is 5.92 Å². The zero-order chi connectivity index (χ0) is 18.1. The minimum absolute atomic E-state index is 0. The number of benzene rings is 1. The lowest BCUT2D eigenvalue weighted by molar-refractivity contribution is -0.125. The molecule has 0 saturated heterocycles. The molecule has 1 amide bonds. The summed E-state index contributed by atoms with van der Waals surface area (Å²) in [5.74, 6) is 1.20. The van der Waals surface area contributed by atoms with Gasteiger partial charge in [0.1, 0.15) is 0 Å². The molecule has 0 heterocycles. The van der Waals surface area contributed by atoms with Crippen LogP contribution >= 0.6 is 35.6 Å². The fourth-order valence-electron chi connectivity index (χ4n) is 3.24. The Morgan fingerprint density at radius 3 is 2.58 bits per heavy atom. The van der Waals surface area contributed by atoms with E-state index in [0.29, 0.717) is 19.6 Å². The average molecular weight is 493 g/mol. The maximum Gasteiger partial charge on any atom is 0.223 e. The molecule has 7 heteroatoms. The number of rotatable bonds is 6. The predicted molar refractivity (Wildman–Crippen MR) is 119 cm³/mol. The molecule has 0 radical (unpaired) electrons. The second kappa shape index (κ2) is 12.4. The van der Waals surface area contributed by atoms with Gasteiger partial charge in [-0.3, -0.25) is 9.79 Å². The van der Waals surface area contributed by atoms with Crippen LogP contribution in [0.25, 0.3) is 0 Å². The first-order valence-electron chi connectivity index (χ1n) is 9.04. The summed E-state index contributed by atoms with van der Waals surface area (Å²) in [5.41, 5.74) is 1.13. The number of nitrogens with zero attached hydrogens (tertiary/aromatic N) is 2. The Morgan fingerprint density at radius 1 is 1.23 bits per heavy atom. The number of carbonyl (C=O) groups excluding carboxylic acids is 1. The van der Waals surface area contributed by atoms with Crippen molar-refractivity contribution in [1.82, 2.24) is 15.5 Å². The Labute approximate surface area is 179 Å². The van der Waals surface area contributed by atoms with E-state index in [4.69, 9.17) is 11.6 Å². The average Bonchev–Trinajstić information content (AvgIpc) is 2.62. The van der Waals surface area contributed by atoms with Crippen LogP contribution in [0.1, 0.15) is 37.7 Å². The predicted octanol–water partition coefficient (Wildman–Crippen LogP) is 3.66. The van der Waals surface area contributed by atoms with Gasteiger partial charge in [-0.2, -0.15) is 0 Å². The molecule has 1 saturated carbocycles. The van der Waals surface area contributed by atoms with E-state index in [9.17, 15) is 4.79 Å². The number of aliphatic imine (C=N–C) groups is 1. The standard InChI is InChI=1S/C19H29ClN4O.HI/c1-21-19(24(2)14-15-7-6-10-17(20)13-15)23-12-11-22-18(25)16-8-4-3-5-9-16;/h6-7,10,13,16H,3-5,8-9,11-12,14H2,1-2H3,(H,21,23)(H,22,25);1H. The first kappa shape index (κ1) is 23.0. The molecule has 1 fully saturated rings. The van der Waals surface area contributed by atoms with Crippen molar-refractivity contribution in [3.8, 4) is 0 Å². The Morgan fingerprint density at radius 2 is 1.92 bits per heavy atom. The van der Waals surface area contributed by atoms with Crippen molar-refractivity contribution in [2.24, 2.45) is 10.9 Å². The van der Waals surface area contributed by atoms with Gasteiger partial charge in [-0.1, -0.05) is 43.0 Å². The highest BCUT2D eigenvalue weighted by Gasteiger charge is 2.20. The van der Waals surface area contributed by atoms with Crippen LogP contribution in [0.3, 0.4) is 0 Å². The highest BCUT2D eigenvalue weighted by molar-refractivity contribution is 14.0. The molecule has 1 aromatic rings. The van der Waals surface area contributed by atoms with Crippen LogP contribution in [0.5, 0.6) is 0 Å².